The summed E-state index contributed by atoms with van der Waals surface area (Å²) in [4.78, 5) is 35.4. The number of ether oxygens (including phenoxy) is 3. The number of carboxylic acids is 1. The molecule has 0 spiro atoms. The minimum Gasteiger partial charge on any atom is -0.475 e. The lowest BCUT2D eigenvalue weighted by Crippen LogP contribution is -2.52. The normalized spacial score (nSPS) is 20.1. The lowest BCUT2D eigenvalue weighted by molar-refractivity contribution is -0.192. The van der Waals surface area contributed by atoms with Gasteiger partial charge < -0.3 is 40.2 Å². The first-order valence-corrected chi connectivity index (χ1v) is 15.2. The second-order valence-electron chi connectivity index (χ2n) is 10.9. The van der Waals surface area contributed by atoms with E-state index in [1.165, 1.54) is 13.2 Å². The summed E-state index contributed by atoms with van der Waals surface area (Å²) < 4.78 is 63.2. The van der Waals surface area contributed by atoms with Gasteiger partial charge in [0, 0.05) is 56.9 Å². The summed E-state index contributed by atoms with van der Waals surface area (Å²) in [5, 5.41) is 16.1. The zero-order valence-electron chi connectivity index (χ0n) is 25.5. The lowest BCUT2D eigenvalue weighted by atomic mass is 9.88. The number of likely N-dealkylation sites (N-methyl/N-ethyl adjacent to an activating group) is 1. The van der Waals surface area contributed by atoms with Gasteiger partial charge in [-0.15, -0.1) is 0 Å². The van der Waals surface area contributed by atoms with Crippen LogP contribution in [0.4, 0.5) is 27.2 Å². The summed E-state index contributed by atoms with van der Waals surface area (Å²) in [6, 6.07) is 4.72. The fraction of sp³-hybridized carbons (Fsp3) is 0.690. The van der Waals surface area contributed by atoms with E-state index >= 15 is 4.39 Å². The van der Waals surface area contributed by atoms with Crippen LogP contribution < -0.4 is 16.0 Å². The van der Waals surface area contributed by atoms with E-state index in [2.05, 4.69) is 20.7 Å². The van der Waals surface area contributed by atoms with Gasteiger partial charge in [-0.25, -0.2) is 18.8 Å². The van der Waals surface area contributed by atoms with Gasteiger partial charge in [-0.2, -0.15) is 13.2 Å². The van der Waals surface area contributed by atoms with E-state index in [4.69, 9.17) is 31.0 Å². The SMILES string of the molecule is CNCC(C[C@H]1CCCCOC1)NC(=O)N1CCC[C@@H]([C@@H](OCCNC(=O)OC)c2cccc(Cl)c2F)C1.O=C(O)C(F)(F)F. The molecule has 256 valence electrons. The number of alkyl halides is 3. The van der Waals surface area contributed by atoms with Crippen LogP contribution in [0.5, 0.6) is 0 Å². The molecule has 2 aliphatic heterocycles. The molecule has 4 atom stereocenters. The number of nitrogens with one attached hydrogen (secondary N) is 3. The highest BCUT2D eigenvalue weighted by molar-refractivity contribution is 6.30. The number of methoxy groups -OCH3 is 1. The van der Waals surface area contributed by atoms with Crippen molar-refractivity contribution in [3.63, 3.8) is 0 Å². The Kier molecular flexibility index (Phi) is 16.7. The molecule has 4 N–H and O–H groups in total. The molecule has 0 bridgehead atoms. The highest BCUT2D eigenvalue weighted by atomic mass is 35.5. The zero-order valence-corrected chi connectivity index (χ0v) is 26.2. The first kappa shape index (κ1) is 38.3. The van der Waals surface area contributed by atoms with Gasteiger partial charge in [-0.05, 0) is 51.1 Å². The number of hydrogen-bond donors (Lipinski definition) is 4. The van der Waals surface area contributed by atoms with Crippen molar-refractivity contribution in [2.75, 3.05) is 60.2 Å². The van der Waals surface area contributed by atoms with Crippen LogP contribution in [0.15, 0.2) is 18.2 Å². The smallest absolute Gasteiger partial charge is 0.475 e. The van der Waals surface area contributed by atoms with Crippen LogP contribution in [0.3, 0.4) is 0 Å². The molecule has 2 saturated heterocycles. The first-order chi connectivity index (χ1) is 21.4. The van der Waals surface area contributed by atoms with Gasteiger partial charge in [-0.1, -0.05) is 30.2 Å². The Bertz CT molecular complexity index is 1080. The number of carbonyl (C=O) groups is 3. The molecule has 3 rings (SSSR count). The molecule has 2 heterocycles. The third-order valence-corrected chi connectivity index (χ3v) is 7.75. The van der Waals surface area contributed by atoms with Crippen LogP contribution in [0.25, 0.3) is 0 Å². The Labute approximate surface area is 265 Å². The molecular weight excluding hydrogens is 628 g/mol. The molecule has 3 amide bonds. The van der Waals surface area contributed by atoms with E-state index in [0.717, 1.165) is 51.7 Å². The lowest BCUT2D eigenvalue weighted by Gasteiger charge is -2.38. The van der Waals surface area contributed by atoms with Gasteiger partial charge in [0.05, 0.1) is 24.8 Å². The van der Waals surface area contributed by atoms with E-state index in [-0.39, 0.29) is 36.2 Å². The van der Waals surface area contributed by atoms with Gasteiger partial charge in [0.25, 0.3) is 0 Å². The second-order valence-corrected chi connectivity index (χ2v) is 11.3. The predicted molar refractivity (Wildman–Crippen MR) is 158 cm³/mol. The quantitative estimate of drug-likeness (QED) is 0.196. The maximum atomic E-state index is 15.1. The third-order valence-electron chi connectivity index (χ3n) is 7.46. The molecule has 2 fully saturated rings. The molecule has 0 aromatic heterocycles. The molecule has 2 aliphatic rings. The molecule has 0 radical (unpaired) electrons. The van der Waals surface area contributed by atoms with E-state index < -0.39 is 30.2 Å². The van der Waals surface area contributed by atoms with Gasteiger partial charge in [0.1, 0.15) is 5.82 Å². The van der Waals surface area contributed by atoms with Crippen LogP contribution in [0, 0.1) is 17.7 Å². The standard InChI is InChI=1S/C27H42ClFN4O5.C2HF3O2/c1-30-16-21(15-19-7-3-4-13-37-18-19)32-26(34)33-12-6-8-20(17-33)25(38-14-11-31-27(35)36-2)22-9-5-10-23(28)24(22)29;3-2(4,5)1(6)7/h5,9-10,19-21,25,30H,3-4,6-8,11-18H2,1-2H3,(H,31,35)(H,32,34);(H,6,7)/t19-,20-,21?,25-;/m1./s1. The summed E-state index contributed by atoms with van der Waals surface area (Å²) in [5.74, 6) is -3.00. The topological polar surface area (TPSA) is 138 Å². The number of alkyl carbamates (subject to hydrolysis) is 1. The number of benzene rings is 1. The number of piperidine rings is 1. The average molecular weight is 671 g/mol. The number of hydrogen-bond acceptors (Lipinski definition) is 7. The van der Waals surface area contributed by atoms with Crippen molar-refractivity contribution in [1.82, 2.24) is 20.9 Å². The molecule has 1 unspecified atom stereocenters. The number of urea groups is 1. The predicted octanol–water partition coefficient (Wildman–Crippen LogP) is 4.74. The number of rotatable bonds is 11. The molecule has 0 saturated carbocycles. The number of aliphatic carboxylic acids is 1. The van der Waals surface area contributed by atoms with Crippen LogP contribution in [0.1, 0.15) is 50.2 Å². The summed E-state index contributed by atoms with van der Waals surface area (Å²) in [6.45, 7) is 3.62. The minimum absolute atomic E-state index is 0.0126. The number of carbonyl (C=O) groups excluding carboxylic acids is 2. The Balaban J connectivity index is 0.000000900. The van der Waals surface area contributed by atoms with Crippen molar-refractivity contribution >= 4 is 29.7 Å². The maximum Gasteiger partial charge on any atom is 0.490 e. The molecule has 11 nitrogen and oxygen atoms in total. The maximum absolute atomic E-state index is 15.1. The summed E-state index contributed by atoms with van der Waals surface area (Å²) >= 11 is 6.08. The number of nitrogens with zero attached hydrogens (tertiary/aromatic N) is 1. The Morgan fingerprint density at radius 1 is 1.20 bits per heavy atom. The summed E-state index contributed by atoms with van der Waals surface area (Å²) in [7, 11) is 3.17. The zero-order chi connectivity index (χ0) is 33.4. The fourth-order valence-corrected chi connectivity index (χ4v) is 5.52. The fourth-order valence-electron chi connectivity index (χ4n) is 5.34. The van der Waals surface area contributed by atoms with Crippen molar-refractivity contribution in [2.45, 2.75) is 56.8 Å². The second kappa shape index (κ2) is 19.6. The summed E-state index contributed by atoms with van der Waals surface area (Å²) in [6.07, 6.45) is -0.531. The Hall–Kier alpha value is -2.88. The average Bonchev–Trinajstić information content (AvgIpc) is 3.27. The minimum atomic E-state index is -5.08. The third kappa shape index (κ3) is 13.6. The van der Waals surface area contributed by atoms with Crippen LogP contribution >= 0.6 is 11.6 Å². The first-order valence-electron chi connectivity index (χ1n) is 14.8. The van der Waals surface area contributed by atoms with Gasteiger partial charge in [-0.3, -0.25) is 0 Å². The van der Waals surface area contributed by atoms with E-state index in [0.29, 0.717) is 31.1 Å². The van der Waals surface area contributed by atoms with Crippen LogP contribution in [-0.4, -0.2) is 100 Å². The van der Waals surface area contributed by atoms with Crippen LogP contribution in [-0.2, 0) is 19.0 Å². The molecule has 16 heteroatoms. The number of amides is 3. The number of carboxylic acid groups (broad SMARTS) is 1. The van der Waals surface area contributed by atoms with Crippen molar-refractivity contribution in [3.8, 4) is 0 Å². The molecule has 0 aliphatic carbocycles. The molecule has 1 aromatic rings. The number of halogens is 5. The van der Waals surface area contributed by atoms with E-state index in [1.54, 1.807) is 17.0 Å². The van der Waals surface area contributed by atoms with Crippen molar-refractivity contribution in [3.05, 3.63) is 34.6 Å². The van der Waals surface area contributed by atoms with Gasteiger partial charge >= 0.3 is 24.3 Å². The highest BCUT2D eigenvalue weighted by Gasteiger charge is 2.38. The Morgan fingerprint density at radius 2 is 1.93 bits per heavy atom. The molecule has 1 aromatic carbocycles. The monoisotopic (exact) mass is 670 g/mol. The summed E-state index contributed by atoms with van der Waals surface area (Å²) in [5.41, 5.74) is 0.351. The van der Waals surface area contributed by atoms with Crippen molar-refractivity contribution in [2.24, 2.45) is 11.8 Å². The van der Waals surface area contributed by atoms with Crippen molar-refractivity contribution < 1.29 is 51.3 Å². The van der Waals surface area contributed by atoms with Crippen molar-refractivity contribution in [1.29, 1.82) is 0 Å². The molecule has 45 heavy (non-hydrogen) atoms. The number of likely N-dealkylation sites (tertiary alicyclic amines) is 1. The van der Waals surface area contributed by atoms with E-state index in [1.807, 2.05) is 7.05 Å². The Morgan fingerprint density at radius 3 is 2.60 bits per heavy atom. The van der Waals surface area contributed by atoms with E-state index in [9.17, 15) is 22.8 Å². The van der Waals surface area contributed by atoms with Crippen LogP contribution in [0.2, 0.25) is 5.02 Å². The molecular formula is C29H43ClF4N4O7. The highest BCUT2D eigenvalue weighted by Crippen LogP contribution is 2.36. The van der Waals surface area contributed by atoms with Gasteiger partial charge in [0.15, 0.2) is 0 Å². The van der Waals surface area contributed by atoms with Gasteiger partial charge in [0.2, 0.25) is 0 Å². The largest absolute Gasteiger partial charge is 0.490 e.